The van der Waals surface area contributed by atoms with E-state index in [0.717, 1.165) is 33.9 Å². The Kier molecular flexibility index (Phi) is 4.43. The smallest absolute Gasteiger partial charge is 0.265 e. The lowest BCUT2D eigenvalue weighted by atomic mass is 10.1. The number of imidazole rings is 1. The molecule has 4 aromatic rings. The standard InChI is InChI=1S/C23H22N4O/c1-15-9-8-12-20(13-15)21-18(4)24-23(27-17(3)14-16(2)25-27)26(21)22(28)19-10-6-5-7-11-19/h5-14H,1-4H3. The van der Waals surface area contributed by atoms with Gasteiger partial charge in [-0.2, -0.15) is 5.10 Å². The van der Waals surface area contributed by atoms with Gasteiger partial charge in [-0.25, -0.2) is 14.2 Å². The van der Waals surface area contributed by atoms with Crippen LogP contribution in [0.5, 0.6) is 0 Å². The van der Waals surface area contributed by atoms with E-state index in [4.69, 9.17) is 4.98 Å². The summed E-state index contributed by atoms with van der Waals surface area (Å²) < 4.78 is 3.42. The van der Waals surface area contributed by atoms with Crippen LogP contribution < -0.4 is 0 Å². The Hall–Kier alpha value is -3.47. The fourth-order valence-corrected chi connectivity index (χ4v) is 3.52. The number of benzene rings is 2. The molecule has 0 aliphatic rings. The molecule has 0 aliphatic carbocycles. The Bertz CT molecular complexity index is 1170. The van der Waals surface area contributed by atoms with Crippen molar-refractivity contribution in [2.75, 3.05) is 0 Å². The molecular formula is C23H22N4O. The van der Waals surface area contributed by atoms with E-state index < -0.39 is 0 Å². The van der Waals surface area contributed by atoms with Crippen LogP contribution in [0, 0.1) is 27.7 Å². The van der Waals surface area contributed by atoms with Crippen LogP contribution in [0.1, 0.15) is 33.0 Å². The molecule has 28 heavy (non-hydrogen) atoms. The molecule has 0 unspecified atom stereocenters. The van der Waals surface area contributed by atoms with E-state index in [0.29, 0.717) is 11.5 Å². The van der Waals surface area contributed by atoms with Gasteiger partial charge < -0.3 is 0 Å². The van der Waals surface area contributed by atoms with E-state index in [-0.39, 0.29) is 5.91 Å². The lowest BCUT2D eigenvalue weighted by Gasteiger charge is -2.12. The van der Waals surface area contributed by atoms with Crippen molar-refractivity contribution in [3.63, 3.8) is 0 Å². The Morgan fingerprint density at radius 1 is 0.893 bits per heavy atom. The van der Waals surface area contributed by atoms with Crippen LogP contribution in [0.3, 0.4) is 0 Å². The van der Waals surface area contributed by atoms with E-state index in [1.807, 2.05) is 82.3 Å². The minimum Gasteiger partial charge on any atom is -0.268 e. The van der Waals surface area contributed by atoms with Gasteiger partial charge in [-0.1, -0.05) is 42.0 Å². The summed E-state index contributed by atoms with van der Waals surface area (Å²) in [7, 11) is 0. The molecule has 0 aliphatic heterocycles. The first kappa shape index (κ1) is 17.9. The summed E-state index contributed by atoms with van der Waals surface area (Å²) in [6.07, 6.45) is 0. The molecule has 5 nitrogen and oxygen atoms in total. The maximum absolute atomic E-state index is 13.5. The SMILES string of the molecule is Cc1cccc(-c2c(C)nc(-n3nc(C)cc3C)n2C(=O)c2ccccc2)c1. The summed E-state index contributed by atoms with van der Waals surface area (Å²) in [5, 5.41) is 4.56. The van der Waals surface area contributed by atoms with Crippen LogP contribution in [0.2, 0.25) is 0 Å². The molecule has 0 N–H and O–H groups in total. The van der Waals surface area contributed by atoms with Crippen LogP contribution in [0.15, 0.2) is 60.7 Å². The lowest BCUT2D eigenvalue weighted by Crippen LogP contribution is -2.19. The second-order valence-electron chi connectivity index (χ2n) is 7.06. The third kappa shape index (κ3) is 3.05. The Labute approximate surface area is 164 Å². The zero-order valence-electron chi connectivity index (χ0n) is 16.5. The zero-order valence-corrected chi connectivity index (χ0v) is 16.5. The summed E-state index contributed by atoms with van der Waals surface area (Å²) in [6.45, 7) is 7.87. The maximum Gasteiger partial charge on any atom is 0.265 e. The average Bonchev–Trinajstić information content (AvgIpc) is 3.20. The number of aryl methyl sites for hydroxylation is 4. The number of hydrogen-bond acceptors (Lipinski definition) is 3. The maximum atomic E-state index is 13.5. The summed E-state index contributed by atoms with van der Waals surface area (Å²) >= 11 is 0. The minimum absolute atomic E-state index is 0.125. The van der Waals surface area contributed by atoms with E-state index in [1.54, 1.807) is 9.25 Å². The third-order valence-electron chi connectivity index (χ3n) is 4.75. The minimum atomic E-state index is -0.125. The van der Waals surface area contributed by atoms with Crippen molar-refractivity contribution >= 4 is 5.91 Å². The van der Waals surface area contributed by atoms with Gasteiger partial charge >= 0.3 is 0 Å². The van der Waals surface area contributed by atoms with Crippen molar-refractivity contribution in [2.24, 2.45) is 0 Å². The third-order valence-corrected chi connectivity index (χ3v) is 4.75. The van der Waals surface area contributed by atoms with Crippen LogP contribution in [0.4, 0.5) is 0 Å². The zero-order chi connectivity index (χ0) is 19.8. The summed E-state index contributed by atoms with van der Waals surface area (Å²) in [5.41, 5.74) is 6.09. The van der Waals surface area contributed by atoms with Crippen molar-refractivity contribution in [3.8, 4) is 17.2 Å². The van der Waals surface area contributed by atoms with Crippen molar-refractivity contribution in [3.05, 3.63) is 88.9 Å². The number of nitrogens with zero attached hydrogens (tertiary/aromatic N) is 4. The highest BCUT2D eigenvalue weighted by Gasteiger charge is 2.24. The number of carbonyl (C=O) groups is 1. The van der Waals surface area contributed by atoms with Gasteiger partial charge in [0.1, 0.15) is 0 Å². The van der Waals surface area contributed by atoms with Gasteiger partial charge in [-0.05, 0) is 52.0 Å². The predicted octanol–water partition coefficient (Wildman–Crippen LogP) is 4.66. The van der Waals surface area contributed by atoms with E-state index in [9.17, 15) is 4.79 Å². The lowest BCUT2D eigenvalue weighted by molar-refractivity contribution is 0.0961. The predicted molar refractivity (Wildman–Crippen MR) is 110 cm³/mol. The number of rotatable bonds is 3. The Balaban J connectivity index is 2.02. The average molecular weight is 370 g/mol. The largest absolute Gasteiger partial charge is 0.268 e. The molecule has 0 bridgehead atoms. The molecule has 2 aromatic heterocycles. The molecule has 0 atom stereocenters. The molecule has 2 aromatic carbocycles. The van der Waals surface area contributed by atoms with Gasteiger partial charge in [0, 0.05) is 16.8 Å². The van der Waals surface area contributed by atoms with Gasteiger partial charge in [0.15, 0.2) is 0 Å². The fraction of sp³-hybridized carbons (Fsp3) is 0.174. The molecule has 0 radical (unpaired) electrons. The number of carbonyl (C=O) groups excluding carboxylic acids is 1. The Morgan fingerprint density at radius 3 is 2.29 bits per heavy atom. The summed E-state index contributed by atoms with van der Waals surface area (Å²) in [6, 6.07) is 19.4. The van der Waals surface area contributed by atoms with Crippen molar-refractivity contribution < 1.29 is 4.79 Å². The first-order chi connectivity index (χ1) is 13.5. The van der Waals surface area contributed by atoms with Gasteiger partial charge in [-0.15, -0.1) is 0 Å². The molecule has 0 saturated carbocycles. The molecule has 0 amide bonds. The highest BCUT2D eigenvalue weighted by Crippen LogP contribution is 2.29. The highest BCUT2D eigenvalue weighted by molar-refractivity contribution is 6.00. The van der Waals surface area contributed by atoms with Crippen LogP contribution >= 0.6 is 0 Å². The van der Waals surface area contributed by atoms with Crippen molar-refractivity contribution in [2.45, 2.75) is 27.7 Å². The topological polar surface area (TPSA) is 52.7 Å². The molecule has 140 valence electrons. The molecule has 0 fully saturated rings. The first-order valence-electron chi connectivity index (χ1n) is 9.25. The highest BCUT2D eigenvalue weighted by atomic mass is 16.2. The number of hydrogen-bond donors (Lipinski definition) is 0. The van der Waals surface area contributed by atoms with Gasteiger partial charge in [0.2, 0.25) is 5.95 Å². The number of aromatic nitrogens is 4. The van der Waals surface area contributed by atoms with Crippen LogP contribution in [-0.2, 0) is 0 Å². The molecular weight excluding hydrogens is 348 g/mol. The molecule has 0 saturated heterocycles. The molecule has 2 heterocycles. The van der Waals surface area contributed by atoms with Crippen molar-refractivity contribution in [1.29, 1.82) is 0 Å². The second kappa shape index (κ2) is 6.93. The quantitative estimate of drug-likeness (QED) is 0.527. The van der Waals surface area contributed by atoms with E-state index in [1.165, 1.54) is 0 Å². The fourth-order valence-electron chi connectivity index (χ4n) is 3.52. The van der Waals surface area contributed by atoms with Gasteiger partial charge in [-0.3, -0.25) is 4.79 Å². The normalized spacial score (nSPS) is 11.0. The molecule has 4 rings (SSSR count). The van der Waals surface area contributed by atoms with Gasteiger partial charge in [0.25, 0.3) is 5.91 Å². The van der Waals surface area contributed by atoms with E-state index in [2.05, 4.69) is 11.2 Å². The van der Waals surface area contributed by atoms with Crippen LogP contribution in [0.25, 0.3) is 17.2 Å². The second-order valence-corrected chi connectivity index (χ2v) is 7.06. The summed E-state index contributed by atoms with van der Waals surface area (Å²) in [5.74, 6) is 0.383. The van der Waals surface area contributed by atoms with E-state index >= 15 is 0 Å². The molecule has 0 spiro atoms. The first-order valence-corrected chi connectivity index (χ1v) is 9.25. The Morgan fingerprint density at radius 2 is 1.64 bits per heavy atom. The monoisotopic (exact) mass is 370 g/mol. The molecule has 5 heteroatoms. The summed E-state index contributed by atoms with van der Waals surface area (Å²) in [4.78, 5) is 18.3. The van der Waals surface area contributed by atoms with Crippen LogP contribution in [-0.4, -0.2) is 25.2 Å². The van der Waals surface area contributed by atoms with Gasteiger partial charge in [0.05, 0.1) is 17.1 Å². The van der Waals surface area contributed by atoms with Crippen molar-refractivity contribution in [1.82, 2.24) is 19.3 Å².